The molecule has 1 heterocycles. The zero-order valence-corrected chi connectivity index (χ0v) is 19.2. The Bertz CT molecular complexity index is 1350. The number of allylic oxidation sites excluding steroid dienone is 3. The predicted molar refractivity (Wildman–Crippen MR) is 132 cm³/mol. The predicted octanol–water partition coefficient (Wildman–Crippen LogP) is 5.39. The third-order valence-electron chi connectivity index (χ3n) is 7.09. The summed E-state index contributed by atoms with van der Waals surface area (Å²) in [6, 6.07) is 20.7. The number of hydrogen-bond donors (Lipinski definition) is 2. The Morgan fingerprint density at radius 2 is 1.80 bits per heavy atom. The van der Waals surface area contributed by atoms with Crippen molar-refractivity contribution >= 4 is 17.5 Å². The number of amides is 2. The first-order chi connectivity index (χ1) is 16.9. The molecule has 3 aromatic rings. The Labute approximate surface area is 203 Å². The molecule has 1 aliphatic heterocycles. The molecule has 176 valence electrons. The Balaban J connectivity index is 1.72. The van der Waals surface area contributed by atoms with Crippen LogP contribution in [0.25, 0.3) is 0 Å². The van der Waals surface area contributed by atoms with Crippen LogP contribution >= 0.6 is 0 Å². The highest BCUT2D eigenvalue weighted by Crippen LogP contribution is 2.57. The molecule has 5 rings (SSSR count). The van der Waals surface area contributed by atoms with Crippen LogP contribution in [-0.2, 0) is 15.0 Å². The average Bonchev–Trinajstić information content (AvgIpc) is 3.09. The van der Waals surface area contributed by atoms with Gasteiger partial charge in [0.2, 0.25) is 0 Å². The Hall–Kier alpha value is -4.19. The first-order valence-electron chi connectivity index (χ1n) is 11.5. The molecule has 0 saturated carbocycles. The maximum absolute atomic E-state index is 14.5. The van der Waals surface area contributed by atoms with Crippen molar-refractivity contribution < 1.29 is 19.1 Å². The van der Waals surface area contributed by atoms with Gasteiger partial charge in [-0.2, -0.15) is 5.01 Å². The molecule has 6 heteroatoms. The number of phenols is 1. The van der Waals surface area contributed by atoms with Crippen LogP contribution in [0.4, 0.5) is 10.1 Å². The maximum Gasteiger partial charge on any atom is 0.260 e. The number of imide groups is 1. The van der Waals surface area contributed by atoms with Crippen molar-refractivity contribution in [1.29, 1.82) is 0 Å². The number of benzene rings is 3. The van der Waals surface area contributed by atoms with Gasteiger partial charge in [-0.05, 0) is 54.3 Å². The molecule has 2 amide bonds. The Kier molecular flexibility index (Phi) is 5.52. The number of anilines is 1. The zero-order chi connectivity index (χ0) is 24.7. The van der Waals surface area contributed by atoms with E-state index in [0.717, 1.165) is 16.1 Å². The van der Waals surface area contributed by atoms with Gasteiger partial charge >= 0.3 is 0 Å². The number of fused-ring (bicyclic) bond motifs is 1. The Morgan fingerprint density at radius 3 is 2.46 bits per heavy atom. The highest BCUT2D eigenvalue weighted by Gasteiger charge is 2.65. The van der Waals surface area contributed by atoms with E-state index in [2.05, 4.69) is 12.0 Å². The number of hydrazine groups is 1. The molecule has 0 bridgehead atoms. The van der Waals surface area contributed by atoms with E-state index < -0.39 is 34.7 Å². The molecule has 2 N–H and O–H groups in total. The number of phenolic OH excluding ortho intramolecular Hbond substituents is 1. The number of aryl methyl sites for hydroxylation is 1. The molecule has 0 unspecified atom stereocenters. The minimum absolute atomic E-state index is 0.337. The fraction of sp³-hybridized carbons (Fsp3) is 0.172. The number of rotatable bonds is 5. The minimum Gasteiger partial charge on any atom is -0.505 e. The molecule has 0 aromatic heterocycles. The molecule has 3 atom stereocenters. The summed E-state index contributed by atoms with van der Waals surface area (Å²) in [4.78, 5) is 28.1. The standard InChI is InChI=1S/C29H25FN2O3/c1-3-19-11-15-23-27(34)32(31-22-13-9-18(2)10-14-22)28(35)29(23,21-7-5-4-6-8-21)26(19)20-12-16-25(33)24(30)17-20/h3-14,16-17,23,26,31,33H,1,15H2,2H3/t23-,26+,29+/m0/s1. The second-order valence-electron chi connectivity index (χ2n) is 9.03. The van der Waals surface area contributed by atoms with Crippen molar-refractivity contribution in [2.45, 2.75) is 24.7 Å². The summed E-state index contributed by atoms with van der Waals surface area (Å²) in [5, 5.41) is 10.9. The summed E-state index contributed by atoms with van der Waals surface area (Å²) < 4.78 is 14.5. The molecule has 35 heavy (non-hydrogen) atoms. The van der Waals surface area contributed by atoms with Crippen molar-refractivity contribution in [1.82, 2.24) is 5.01 Å². The van der Waals surface area contributed by atoms with Crippen LogP contribution in [0, 0.1) is 18.7 Å². The lowest BCUT2D eigenvalue weighted by Crippen LogP contribution is -2.48. The summed E-state index contributed by atoms with van der Waals surface area (Å²) in [5.41, 5.74) is 5.25. The molecular weight excluding hydrogens is 443 g/mol. The van der Waals surface area contributed by atoms with E-state index >= 15 is 0 Å². The molecule has 3 aromatic carbocycles. The lowest BCUT2D eigenvalue weighted by atomic mass is 9.56. The summed E-state index contributed by atoms with van der Waals surface area (Å²) in [6.07, 6.45) is 3.89. The molecule has 0 spiro atoms. The minimum atomic E-state index is -1.32. The lowest BCUT2D eigenvalue weighted by molar-refractivity contribution is -0.138. The van der Waals surface area contributed by atoms with Crippen LogP contribution in [0.15, 0.2) is 97.1 Å². The van der Waals surface area contributed by atoms with Crippen molar-refractivity contribution in [2.24, 2.45) is 5.92 Å². The van der Waals surface area contributed by atoms with Crippen LogP contribution < -0.4 is 5.43 Å². The van der Waals surface area contributed by atoms with Crippen molar-refractivity contribution in [3.63, 3.8) is 0 Å². The number of carbonyl (C=O) groups excluding carboxylic acids is 2. The maximum atomic E-state index is 14.5. The largest absolute Gasteiger partial charge is 0.505 e. The van der Waals surface area contributed by atoms with E-state index in [9.17, 15) is 19.1 Å². The highest BCUT2D eigenvalue weighted by atomic mass is 19.1. The zero-order valence-electron chi connectivity index (χ0n) is 19.2. The summed E-state index contributed by atoms with van der Waals surface area (Å²) in [6.45, 7) is 5.90. The average molecular weight is 469 g/mol. The highest BCUT2D eigenvalue weighted by molar-refractivity contribution is 6.12. The van der Waals surface area contributed by atoms with Crippen LogP contribution in [0.2, 0.25) is 0 Å². The lowest BCUT2D eigenvalue weighted by Gasteiger charge is -2.43. The second-order valence-corrected chi connectivity index (χ2v) is 9.03. The van der Waals surface area contributed by atoms with Gasteiger partial charge in [0, 0.05) is 5.92 Å². The summed E-state index contributed by atoms with van der Waals surface area (Å²) in [7, 11) is 0. The fourth-order valence-electron chi connectivity index (χ4n) is 5.46. The van der Waals surface area contributed by atoms with Gasteiger partial charge in [0.1, 0.15) is 0 Å². The second kappa shape index (κ2) is 8.55. The SMILES string of the molecule is C=CC1=CC[C@H]2C(=O)N(Nc3ccc(C)cc3)C(=O)[C@@]2(c2ccccc2)[C@H]1c1ccc(O)c(F)c1. The monoisotopic (exact) mass is 468 g/mol. The third-order valence-corrected chi connectivity index (χ3v) is 7.09. The van der Waals surface area contributed by atoms with Gasteiger partial charge in [-0.25, -0.2) is 4.39 Å². The van der Waals surface area contributed by atoms with Crippen LogP contribution in [-0.4, -0.2) is 21.9 Å². The molecule has 1 aliphatic carbocycles. The quantitative estimate of drug-likeness (QED) is 0.493. The first kappa shape index (κ1) is 22.6. The van der Waals surface area contributed by atoms with E-state index in [1.54, 1.807) is 12.1 Å². The van der Waals surface area contributed by atoms with Gasteiger partial charge in [0.05, 0.1) is 17.0 Å². The molecule has 0 radical (unpaired) electrons. The number of halogens is 1. The van der Waals surface area contributed by atoms with Crippen LogP contribution in [0.1, 0.15) is 29.0 Å². The van der Waals surface area contributed by atoms with Gasteiger partial charge in [-0.1, -0.05) is 72.8 Å². The van der Waals surface area contributed by atoms with Crippen LogP contribution in [0.5, 0.6) is 5.75 Å². The number of carbonyl (C=O) groups is 2. The van der Waals surface area contributed by atoms with E-state index in [0.29, 0.717) is 23.2 Å². The van der Waals surface area contributed by atoms with Gasteiger partial charge in [-0.3, -0.25) is 15.0 Å². The van der Waals surface area contributed by atoms with Gasteiger partial charge < -0.3 is 5.11 Å². The summed E-state index contributed by atoms with van der Waals surface area (Å²) >= 11 is 0. The van der Waals surface area contributed by atoms with Crippen molar-refractivity contribution in [3.05, 3.63) is 120 Å². The Morgan fingerprint density at radius 1 is 1.09 bits per heavy atom. The van der Waals surface area contributed by atoms with E-state index in [4.69, 9.17) is 0 Å². The van der Waals surface area contributed by atoms with Gasteiger partial charge in [-0.15, -0.1) is 0 Å². The number of hydrogen-bond acceptors (Lipinski definition) is 4. The third kappa shape index (κ3) is 3.44. The molecule has 5 nitrogen and oxygen atoms in total. The fourth-order valence-corrected chi connectivity index (χ4v) is 5.46. The number of nitrogens with one attached hydrogen (secondary N) is 1. The van der Waals surface area contributed by atoms with E-state index in [1.807, 2.05) is 67.6 Å². The molecule has 1 saturated heterocycles. The summed E-state index contributed by atoms with van der Waals surface area (Å²) in [5.74, 6) is -3.41. The van der Waals surface area contributed by atoms with Crippen molar-refractivity contribution in [3.8, 4) is 5.75 Å². The molecule has 2 aliphatic rings. The van der Waals surface area contributed by atoms with E-state index in [1.165, 1.54) is 12.1 Å². The molecule has 1 fully saturated rings. The van der Waals surface area contributed by atoms with Gasteiger partial charge in [0.25, 0.3) is 11.8 Å². The van der Waals surface area contributed by atoms with Gasteiger partial charge in [0.15, 0.2) is 11.6 Å². The smallest absolute Gasteiger partial charge is 0.260 e. The number of nitrogens with zero attached hydrogens (tertiary/aromatic N) is 1. The first-order valence-corrected chi connectivity index (χ1v) is 11.5. The molecular formula is C29H25FN2O3. The topological polar surface area (TPSA) is 69.6 Å². The van der Waals surface area contributed by atoms with Crippen LogP contribution in [0.3, 0.4) is 0 Å². The normalized spacial score (nSPS) is 23.6. The number of aromatic hydroxyl groups is 1. The van der Waals surface area contributed by atoms with Crippen molar-refractivity contribution in [2.75, 3.05) is 5.43 Å². The van der Waals surface area contributed by atoms with E-state index in [-0.39, 0.29) is 5.91 Å².